The number of hydrogen-bond acceptors (Lipinski definition) is 5. The molecule has 1 aliphatic heterocycles. The predicted molar refractivity (Wildman–Crippen MR) is 98.4 cm³/mol. The molecule has 0 N–H and O–H groups in total. The van der Waals surface area contributed by atoms with Crippen molar-refractivity contribution in [1.29, 1.82) is 0 Å². The highest BCUT2D eigenvalue weighted by atomic mass is 32.2. The van der Waals surface area contributed by atoms with Crippen LogP contribution in [0.4, 0.5) is 0 Å². The molecule has 1 aliphatic rings. The topological polar surface area (TPSA) is 66.9 Å². The minimum atomic E-state index is -3.00. The van der Waals surface area contributed by atoms with E-state index in [-0.39, 0.29) is 36.0 Å². The minimum absolute atomic E-state index is 0.00723. The van der Waals surface area contributed by atoms with E-state index in [2.05, 4.69) is 0 Å². The average Bonchev–Trinajstić information content (AvgIpc) is 2.94. The number of rotatable bonds is 7. The Balaban J connectivity index is 2.15. The summed E-state index contributed by atoms with van der Waals surface area (Å²) in [6, 6.07) is 7.65. The highest BCUT2D eigenvalue weighted by Gasteiger charge is 2.33. The molecule has 1 aromatic rings. The van der Waals surface area contributed by atoms with Crippen LogP contribution in [-0.2, 0) is 21.2 Å². The molecule has 0 aromatic heterocycles. The Morgan fingerprint density at radius 3 is 2.40 bits per heavy atom. The van der Waals surface area contributed by atoms with Gasteiger partial charge in [-0.15, -0.1) is 0 Å². The van der Waals surface area contributed by atoms with Crippen LogP contribution in [0, 0.1) is 0 Å². The lowest BCUT2D eigenvalue weighted by Crippen LogP contribution is -2.45. The number of ether oxygens (including phenoxy) is 1. The van der Waals surface area contributed by atoms with Crippen molar-refractivity contribution in [3.8, 4) is 5.75 Å². The third kappa shape index (κ3) is 5.44. The Morgan fingerprint density at radius 1 is 1.28 bits per heavy atom. The number of benzene rings is 1. The molecule has 0 spiro atoms. The molecule has 1 atom stereocenters. The summed E-state index contributed by atoms with van der Waals surface area (Å²) in [6.45, 7) is 4.69. The van der Waals surface area contributed by atoms with E-state index in [0.717, 1.165) is 11.3 Å². The summed E-state index contributed by atoms with van der Waals surface area (Å²) < 4.78 is 28.9. The second-order valence-electron chi connectivity index (χ2n) is 6.91. The molecule has 0 bridgehead atoms. The zero-order valence-corrected chi connectivity index (χ0v) is 16.3. The maximum atomic E-state index is 12.5. The summed E-state index contributed by atoms with van der Waals surface area (Å²) in [4.78, 5) is 16.2. The summed E-state index contributed by atoms with van der Waals surface area (Å²) >= 11 is 0. The lowest BCUT2D eigenvalue weighted by atomic mass is 10.1. The standard InChI is InChI=1S/C18H28N2O4S/c1-14(2)19(3)18(21)12-20(16-9-10-25(22,23)13-16)11-15-5-7-17(24-4)8-6-15/h5-8,14,16H,9-13H2,1-4H3. The summed E-state index contributed by atoms with van der Waals surface area (Å²) in [6.07, 6.45) is 0.581. The van der Waals surface area contributed by atoms with Gasteiger partial charge in [0, 0.05) is 25.7 Å². The van der Waals surface area contributed by atoms with Gasteiger partial charge in [0.1, 0.15) is 5.75 Å². The molecule has 2 rings (SSSR count). The number of amides is 1. The third-order valence-corrected chi connectivity index (χ3v) is 6.53. The molecule has 6 nitrogen and oxygen atoms in total. The average molecular weight is 368 g/mol. The molecule has 1 aromatic carbocycles. The van der Waals surface area contributed by atoms with E-state index in [1.807, 2.05) is 43.0 Å². The largest absolute Gasteiger partial charge is 0.497 e. The number of likely N-dealkylation sites (N-methyl/N-ethyl adjacent to an activating group) is 1. The number of carbonyl (C=O) groups excluding carboxylic acids is 1. The van der Waals surface area contributed by atoms with Crippen LogP contribution >= 0.6 is 0 Å². The van der Waals surface area contributed by atoms with Crippen molar-refractivity contribution in [2.24, 2.45) is 0 Å². The van der Waals surface area contributed by atoms with Gasteiger partial charge in [0.05, 0.1) is 25.2 Å². The molecule has 140 valence electrons. The van der Waals surface area contributed by atoms with Crippen LogP contribution in [0.2, 0.25) is 0 Å². The van der Waals surface area contributed by atoms with Gasteiger partial charge in [-0.1, -0.05) is 12.1 Å². The van der Waals surface area contributed by atoms with Crippen molar-refractivity contribution >= 4 is 15.7 Å². The van der Waals surface area contributed by atoms with Crippen LogP contribution in [0.5, 0.6) is 5.75 Å². The summed E-state index contributed by atoms with van der Waals surface area (Å²) in [5, 5.41) is 0. The fourth-order valence-corrected chi connectivity index (χ4v) is 4.68. The van der Waals surface area contributed by atoms with Gasteiger partial charge in [0.2, 0.25) is 5.91 Å². The fourth-order valence-electron chi connectivity index (χ4n) is 2.92. The molecule has 1 fully saturated rings. The van der Waals surface area contributed by atoms with E-state index >= 15 is 0 Å². The second-order valence-corrected chi connectivity index (χ2v) is 9.14. The van der Waals surface area contributed by atoms with Gasteiger partial charge in [0.25, 0.3) is 0 Å². The molecule has 0 radical (unpaired) electrons. The fraction of sp³-hybridized carbons (Fsp3) is 0.611. The van der Waals surface area contributed by atoms with Crippen LogP contribution in [-0.4, -0.2) is 68.4 Å². The number of sulfone groups is 1. The summed E-state index contributed by atoms with van der Waals surface area (Å²) in [7, 11) is 0.396. The Bertz CT molecular complexity index is 686. The van der Waals surface area contributed by atoms with Crippen molar-refractivity contribution in [2.75, 3.05) is 32.2 Å². The lowest BCUT2D eigenvalue weighted by Gasteiger charge is -2.30. The third-order valence-electron chi connectivity index (χ3n) is 4.78. The van der Waals surface area contributed by atoms with E-state index in [1.165, 1.54) is 0 Å². The van der Waals surface area contributed by atoms with E-state index in [0.29, 0.717) is 13.0 Å². The van der Waals surface area contributed by atoms with E-state index < -0.39 is 9.84 Å². The van der Waals surface area contributed by atoms with Crippen LogP contribution < -0.4 is 4.74 Å². The van der Waals surface area contributed by atoms with E-state index in [9.17, 15) is 13.2 Å². The number of methoxy groups -OCH3 is 1. The molecule has 0 aliphatic carbocycles. The maximum Gasteiger partial charge on any atom is 0.236 e. The van der Waals surface area contributed by atoms with E-state index in [1.54, 1.807) is 19.1 Å². The smallest absolute Gasteiger partial charge is 0.236 e. The zero-order chi connectivity index (χ0) is 18.6. The highest BCUT2D eigenvalue weighted by Crippen LogP contribution is 2.21. The quantitative estimate of drug-likeness (QED) is 0.731. The first-order chi connectivity index (χ1) is 11.7. The first kappa shape index (κ1) is 19.7. The molecule has 1 unspecified atom stereocenters. The van der Waals surface area contributed by atoms with E-state index in [4.69, 9.17) is 4.74 Å². The lowest BCUT2D eigenvalue weighted by molar-refractivity contribution is -0.133. The monoisotopic (exact) mass is 368 g/mol. The predicted octanol–water partition coefficient (Wildman–Crippen LogP) is 1.55. The highest BCUT2D eigenvalue weighted by molar-refractivity contribution is 7.91. The summed E-state index contributed by atoms with van der Waals surface area (Å²) in [5.41, 5.74) is 1.03. The van der Waals surface area contributed by atoms with Gasteiger partial charge < -0.3 is 9.64 Å². The summed E-state index contributed by atoms with van der Waals surface area (Å²) in [5.74, 6) is 1.11. The van der Waals surface area contributed by atoms with Crippen molar-refractivity contribution < 1.29 is 17.9 Å². The van der Waals surface area contributed by atoms with Gasteiger partial charge in [-0.05, 0) is 38.0 Å². The zero-order valence-electron chi connectivity index (χ0n) is 15.4. The maximum absolute atomic E-state index is 12.5. The van der Waals surface area contributed by atoms with Crippen molar-refractivity contribution in [3.05, 3.63) is 29.8 Å². The molecule has 25 heavy (non-hydrogen) atoms. The number of carbonyl (C=O) groups is 1. The van der Waals surface area contributed by atoms with Crippen LogP contribution in [0.25, 0.3) is 0 Å². The first-order valence-electron chi connectivity index (χ1n) is 8.55. The Labute approximate surface area is 150 Å². The van der Waals surface area contributed by atoms with Gasteiger partial charge in [0.15, 0.2) is 9.84 Å². The van der Waals surface area contributed by atoms with Gasteiger partial charge >= 0.3 is 0 Å². The molecular weight excluding hydrogens is 340 g/mol. The Morgan fingerprint density at radius 2 is 1.92 bits per heavy atom. The Hall–Kier alpha value is -1.60. The van der Waals surface area contributed by atoms with Crippen molar-refractivity contribution in [3.63, 3.8) is 0 Å². The molecule has 0 saturated carbocycles. The molecule has 7 heteroatoms. The normalized spacial score (nSPS) is 19.4. The number of hydrogen-bond donors (Lipinski definition) is 0. The van der Waals surface area contributed by atoms with Gasteiger partial charge in [-0.3, -0.25) is 9.69 Å². The molecular formula is C18H28N2O4S. The second kappa shape index (κ2) is 8.19. The van der Waals surface area contributed by atoms with Crippen molar-refractivity contribution in [2.45, 2.75) is 38.9 Å². The Kier molecular flexibility index (Phi) is 6.46. The molecule has 1 saturated heterocycles. The van der Waals surface area contributed by atoms with Crippen molar-refractivity contribution in [1.82, 2.24) is 9.80 Å². The van der Waals surface area contributed by atoms with Crippen LogP contribution in [0.1, 0.15) is 25.8 Å². The van der Waals surface area contributed by atoms with Gasteiger partial charge in [-0.25, -0.2) is 8.42 Å². The first-order valence-corrected chi connectivity index (χ1v) is 10.4. The van der Waals surface area contributed by atoms with Crippen LogP contribution in [0.15, 0.2) is 24.3 Å². The van der Waals surface area contributed by atoms with Crippen LogP contribution in [0.3, 0.4) is 0 Å². The SMILES string of the molecule is COc1ccc(CN(CC(=O)N(C)C(C)C)C2CCS(=O)(=O)C2)cc1. The minimum Gasteiger partial charge on any atom is -0.497 e. The number of nitrogens with zero attached hydrogens (tertiary/aromatic N) is 2. The molecule has 1 amide bonds. The van der Waals surface area contributed by atoms with Gasteiger partial charge in [-0.2, -0.15) is 0 Å². The molecule has 1 heterocycles.